The molecular weight excluding hydrogens is 460 g/mol. The lowest BCUT2D eigenvalue weighted by Gasteiger charge is -2.32. The van der Waals surface area contributed by atoms with Crippen LogP contribution >= 0.6 is 0 Å². The fourth-order valence-electron chi connectivity index (χ4n) is 3.48. The monoisotopic (exact) mass is 486 g/mol. The SMILES string of the molecule is CC.CC1(C)OB(c2ccc(-c3noc(-c4cn5cc(C(F)(F)F)ccc5n4)n3)cc2)OC1(C)C. The standard InChI is InChI=1S/C22H20BF3N4O3.C2H6/c1-20(2)21(3,4)33-23(32-20)15-8-5-13(6-9-15)18-28-19(31-29-18)16-12-30-11-14(22(24,25)26)7-10-17(30)27-16;1-2/h5-12H,1-4H3;1-2H3. The number of rotatable bonds is 3. The van der Waals surface area contributed by atoms with Crippen LogP contribution in [-0.4, -0.2) is 37.8 Å². The molecule has 1 aromatic carbocycles. The highest BCUT2D eigenvalue weighted by Crippen LogP contribution is 2.36. The van der Waals surface area contributed by atoms with E-state index in [1.54, 1.807) is 0 Å². The molecule has 0 unspecified atom stereocenters. The topological polar surface area (TPSA) is 74.7 Å². The first-order chi connectivity index (χ1) is 16.4. The normalized spacial score (nSPS) is 16.9. The van der Waals surface area contributed by atoms with Crippen molar-refractivity contribution in [2.24, 2.45) is 0 Å². The number of fused-ring (bicyclic) bond motifs is 1. The zero-order valence-electron chi connectivity index (χ0n) is 20.3. The van der Waals surface area contributed by atoms with Crippen molar-refractivity contribution in [3.63, 3.8) is 0 Å². The van der Waals surface area contributed by atoms with Crippen LogP contribution < -0.4 is 5.46 Å². The third-order valence-corrected chi connectivity index (χ3v) is 6.12. The van der Waals surface area contributed by atoms with E-state index < -0.39 is 30.1 Å². The maximum atomic E-state index is 12.9. The number of nitrogens with zero attached hydrogens (tertiary/aromatic N) is 4. The fraction of sp³-hybridized carbons (Fsp3) is 0.375. The number of benzene rings is 1. The Labute approximate surface area is 201 Å². The van der Waals surface area contributed by atoms with Crippen molar-refractivity contribution in [3.8, 4) is 23.0 Å². The van der Waals surface area contributed by atoms with Gasteiger partial charge >= 0.3 is 13.3 Å². The first kappa shape index (κ1) is 24.9. The van der Waals surface area contributed by atoms with Gasteiger partial charge in [0.15, 0.2) is 0 Å². The van der Waals surface area contributed by atoms with Crippen molar-refractivity contribution in [1.29, 1.82) is 0 Å². The predicted octanol–water partition coefficient (Wildman–Crippen LogP) is 5.40. The lowest BCUT2D eigenvalue weighted by Crippen LogP contribution is -2.41. The predicted molar refractivity (Wildman–Crippen MR) is 126 cm³/mol. The van der Waals surface area contributed by atoms with Gasteiger partial charge in [-0.2, -0.15) is 18.2 Å². The van der Waals surface area contributed by atoms with Crippen LogP contribution in [0.2, 0.25) is 0 Å². The van der Waals surface area contributed by atoms with Crippen LogP contribution in [0.4, 0.5) is 13.2 Å². The molecule has 11 heteroatoms. The van der Waals surface area contributed by atoms with E-state index in [2.05, 4.69) is 15.1 Å². The molecule has 5 rings (SSSR count). The number of hydrogen-bond acceptors (Lipinski definition) is 6. The summed E-state index contributed by atoms with van der Waals surface area (Å²) in [6.45, 7) is 12.0. The second kappa shape index (κ2) is 8.80. The number of hydrogen-bond donors (Lipinski definition) is 0. The minimum Gasteiger partial charge on any atom is -0.399 e. The minimum absolute atomic E-state index is 0.109. The zero-order valence-corrected chi connectivity index (χ0v) is 20.3. The number of aromatic nitrogens is 4. The van der Waals surface area contributed by atoms with Gasteiger partial charge in [0.2, 0.25) is 5.82 Å². The summed E-state index contributed by atoms with van der Waals surface area (Å²) < 4.78 is 57.6. The average Bonchev–Trinajstić information content (AvgIpc) is 3.50. The minimum atomic E-state index is -4.44. The van der Waals surface area contributed by atoms with Crippen molar-refractivity contribution >= 4 is 18.2 Å². The summed E-state index contributed by atoms with van der Waals surface area (Å²) in [6.07, 6.45) is -2.05. The Morgan fingerprint density at radius 3 is 2.09 bits per heavy atom. The Hall–Kier alpha value is -3.18. The van der Waals surface area contributed by atoms with E-state index in [0.29, 0.717) is 17.0 Å². The van der Waals surface area contributed by atoms with Gasteiger partial charge in [0, 0.05) is 18.0 Å². The molecule has 184 valence electrons. The molecule has 1 fully saturated rings. The Morgan fingerprint density at radius 1 is 0.857 bits per heavy atom. The molecule has 7 nitrogen and oxygen atoms in total. The summed E-state index contributed by atoms with van der Waals surface area (Å²) >= 11 is 0. The van der Waals surface area contributed by atoms with Crippen LogP contribution in [0.1, 0.15) is 47.1 Å². The van der Waals surface area contributed by atoms with E-state index in [-0.39, 0.29) is 11.6 Å². The van der Waals surface area contributed by atoms with E-state index in [9.17, 15) is 13.2 Å². The first-order valence-corrected chi connectivity index (χ1v) is 11.3. The quantitative estimate of drug-likeness (QED) is 0.362. The first-order valence-electron chi connectivity index (χ1n) is 11.3. The van der Waals surface area contributed by atoms with Gasteiger partial charge in [-0.3, -0.25) is 0 Å². The highest BCUT2D eigenvalue weighted by Gasteiger charge is 2.51. The molecule has 0 atom stereocenters. The summed E-state index contributed by atoms with van der Waals surface area (Å²) in [6, 6.07) is 9.67. The molecule has 1 aliphatic rings. The van der Waals surface area contributed by atoms with E-state index >= 15 is 0 Å². The zero-order chi connectivity index (χ0) is 25.6. The van der Waals surface area contributed by atoms with E-state index in [1.807, 2.05) is 65.8 Å². The lowest BCUT2D eigenvalue weighted by molar-refractivity contribution is -0.137. The smallest absolute Gasteiger partial charge is 0.399 e. The van der Waals surface area contributed by atoms with Gasteiger partial charge < -0.3 is 18.2 Å². The fourth-order valence-corrected chi connectivity index (χ4v) is 3.48. The lowest BCUT2D eigenvalue weighted by atomic mass is 9.79. The third-order valence-electron chi connectivity index (χ3n) is 6.12. The van der Waals surface area contributed by atoms with E-state index in [1.165, 1.54) is 16.7 Å². The Balaban J connectivity index is 0.00000141. The Bertz CT molecular complexity index is 1310. The second-order valence-electron chi connectivity index (χ2n) is 8.94. The van der Waals surface area contributed by atoms with Gasteiger partial charge in [0.25, 0.3) is 5.89 Å². The summed E-state index contributed by atoms with van der Waals surface area (Å²) in [5, 5.41) is 3.99. The molecule has 0 radical (unpaired) electrons. The van der Waals surface area contributed by atoms with Crippen molar-refractivity contribution < 1.29 is 27.0 Å². The summed E-state index contributed by atoms with van der Waals surface area (Å²) in [5.41, 5.74) is 0.538. The Morgan fingerprint density at radius 2 is 1.49 bits per heavy atom. The van der Waals surface area contributed by atoms with E-state index in [0.717, 1.165) is 17.7 Å². The molecule has 3 aromatic heterocycles. The number of imidazole rings is 1. The Kier molecular flexibility index (Phi) is 6.27. The highest BCUT2D eigenvalue weighted by atomic mass is 19.4. The van der Waals surface area contributed by atoms with E-state index in [4.69, 9.17) is 13.8 Å². The molecule has 35 heavy (non-hydrogen) atoms. The summed E-state index contributed by atoms with van der Waals surface area (Å²) in [7, 11) is -0.482. The van der Waals surface area contributed by atoms with Crippen LogP contribution in [0.15, 0.2) is 53.3 Å². The molecule has 4 aromatic rings. The molecular formula is C24H26BF3N4O3. The summed E-state index contributed by atoms with van der Waals surface area (Å²) in [4.78, 5) is 8.63. The van der Waals surface area contributed by atoms with Crippen LogP contribution in [-0.2, 0) is 15.5 Å². The molecule has 0 saturated carbocycles. The van der Waals surface area contributed by atoms with Crippen LogP contribution in [0.5, 0.6) is 0 Å². The van der Waals surface area contributed by atoms with Gasteiger partial charge in [0.1, 0.15) is 11.3 Å². The van der Waals surface area contributed by atoms with Gasteiger partial charge in [-0.05, 0) is 45.3 Å². The third kappa shape index (κ3) is 4.70. The molecule has 0 spiro atoms. The van der Waals surface area contributed by atoms with Gasteiger partial charge in [-0.25, -0.2) is 4.98 Å². The largest absolute Gasteiger partial charge is 0.494 e. The molecule has 0 amide bonds. The van der Waals surface area contributed by atoms with Crippen molar-refractivity contribution in [2.45, 2.75) is 58.9 Å². The maximum absolute atomic E-state index is 12.9. The number of halogens is 3. The van der Waals surface area contributed by atoms with Crippen molar-refractivity contribution in [3.05, 3.63) is 54.4 Å². The highest BCUT2D eigenvalue weighted by molar-refractivity contribution is 6.62. The van der Waals surface area contributed by atoms with Crippen LogP contribution in [0.3, 0.4) is 0 Å². The molecule has 4 heterocycles. The molecule has 0 N–H and O–H groups in total. The maximum Gasteiger partial charge on any atom is 0.494 e. The molecule has 1 aliphatic heterocycles. The molecule has 0 bridgehead atoms. The van der Waals surface area contributed by atoms with Crippen molar-refractivity contribution in [1.82, 2.24) is 19.5 Å². The molecule has 1 saturated heterocycles. The van der Waals surface area contributed by atoms with Crippen LogP contribution in [0.25, 0.3) is 28.6 Å². The van der Waals surface area contributed by atoms with Gasteiger partial charge in [-0.1, -0.05) is 43.3 Å². The average molecular weight is 486 g/mol. The number of pyridine rings is 1. The molecule has 0 aliphatic carbocycles. The second-order valence-corrected chi connectivity index (χ2v) is 8.94. The summed E-state index contributed by atoms with van der Waals surface area (Å²) in [5.74, 6) is 0.441. The van der Waals surface area contributed by atoms with Gasteiger partial charge in [0.05, 0.1) is 16.8 Å². The van der Waals surface area contributed by atoms with Crippen molar-refractivity contribution in [2.75, 3.05) is 0 Å². The number of alkyl halides is 3. The van der Waals surface area contributed by atoms with Gasteiger partial charge in [-0.15, -0.1) is 0 Å². The van der Waals surface area contributed by atoms with Crippen LogP contribution in [0, 0.1) is 0 Å².